The second kappa shape index (κ2) is 10.9. The van der Waals surface area contributed by atoms with E-state index in [9.17, 15) is 4.79 Å². The van der Waals surface area contributed by atoms with Crippen molar-refractivity contribution in [3.8, 4) is 55.6 Å². The number of imidazole rings is 1. The van der Waals surface area contributed by atoms with Crippen molar-refractivity contribution in [1.29, 1.82) is 0 Å². The predicted molar refractivity (Wildman–Crippen MR) is 224 cm³/mol. The number of hydrogen-bond donors (Lipinski definition) is 0. The van der Waals surface area contributed by atoms with Gasteiger partial charge in [0, 0.05) is 16.2 Å². The molecule has 0 bridgehead atoms. The van der Waals surface area contributed by atoms with Gasteiger partial charge in [0.25, 0.3) is 5.56 Å². The van der Waals surface area contributed by atoms with Gasteiger partial charge in [-0.2, -0.15) is 0 Å². The lowest BCUT2D eigenvalue weighted by Crippen LogP contribution is -2.13. The summed E-state index contributed by atoms with van der Waals surface area (Å²) in [5.74, 6) is 0. The molecule has 1 aliphatic rings. The molecule has 8 aromatic carbocycles. The zero-order chi connectivity index (χ0) is 35.4. The Bertz CT molecular complexity index is 3180. The summed E-state index contributed by atoms with van der Waals surface area (Å²) in [7, 11) is 0. The molecule has 53 heavy (non-hydrogen) atoms. The van der Waals surface area contributed by atoms with Crippen LogP contribution < -0.4 is 5.56 Å². The number of pyridine rings is 1. The van der Waals surface area contributed by atoms with E-state index < -0.39 is 0 Å². The summed E-state index contributed by atoms with van der Waals surface area (Å²) in [5.41, 5.74) is 16.1. The molecule has 0 N–H and O–H groups in total. The first-order valence-corrected chi connectivity index (χ1v) is 17.9. The van der Waals surface area contributed by atoms with E-state index in [-0.39, 0.29) is 5.56 Å². The fraction of sp³-hybridized carbons (Fsp3) is 0. The fourth-order valence-electron chi connectivity index (χ4n) is 9.16. The number of hydrogen-bond acceptors (Lipinski definition) is 2. The van der Waals surface area contributed by atoms with Gasteiger partial charge in [-0.3, -0.25) is 9.20 Å². The van der Waals surface area contributed by atoms with Gasteiger partial charge < -0.3 is 0 Å². The molecule has 0 fully saturated rings. The van der Waals surface area contributed by atoms with Gasteiger partial charge in [-0.25, -0.2) is 4.98 Å². The minimum atomic E-state index is -0.0438. The third kappa shape index (κ3) is 3.88. The molecular formula is C50H30N2O. The number of benzene rings is 8. The van der Waals surface area contributed by atoms with Crippen molar-refractivity contribution in [1.82, 2.24) is 9.38 Å². The van der Waals surface area contributed by atoms with Crippen LogP contribution in [0.1, 0.15) is 11.1 Å². The highest BCUT2D eigenvalue weighted by Gasteiger charge is 2.32. The van der Waals surface area contributed by atoms with E-state index in [1.165, 1.54) is 44.2 Å². The van der Waals surface area contributed by atoms with Crippen LogP contribution in [-0.2, 0) is 0 Å². The van der Waals surface area contributed by atoms with Gasteiger partial charge in [0.05, 0.1) is 11.0 Å². The number of aromatic nitrogens is 2. The Morgan fingerprint density at radius 3 is 1.64 bits per heavy atom. The summed E-state index contributed by atoms with van der Waals surface area (Å²) < 4.78 is 1.77. The van der Waals surface area contributed by atoms with Crippen molar-refractivity contribution >= 4 is 61.1 Å². The first-order chi connectivity index (χ1) is 26.2. The average molecular weight is 675 g/mol. The minimum absolute atomic E-state index is 0.0438. The van der Waals surface area contributed by atoms with Gasteiger partial charge in [0.2, 0.25) is 0 Å². The summed E-state index contributed by atoms with van der Waals surface area (Å²) in [6.45, 7) is 8.69. The van der Waals surface area contributed by atoms with Crippen molar-refractivity contribution in [2.45, 2.75) is 0 Å². The van der Waals surface area contributed by atoms with Gasteiger partial charge in [0.1, 0.15) is 5.65 Å². The molecule has 3 heteroatoms. The Balaban J connectivity index is 1.25. The van der Waals surface area contributed by atoms with Crippen molar-refractivity contribution in [2.24, 2.45) is 0 Å². The van der Waals surface area contributed by atoms with Crippen molar-refractivity contribution in [3.05, 3.63) is 180 Å². The fourth-order valence-corrected chi connectivity index (χ4v) is 9.16. The lowest BCUT2D eigenvalue weighted by Gasteiger charge is -2.22. The number of nitrogens with zero attached hydrogens (tertiary/aromatic N) is 2. The molecule has 11 rings (SSSR count). The molecule has 0 spiro atoms. The lowest BCUT2D eigenvalue weighted by molar-refractivity contribution is 1.19. The quantitative estimate of drug-likeness (QED) is 0.182. The van der Waals surface area contributed by atoms with Crippen LogP contribution >= 0.6 is 0 Å². The largest absolute Gasteiger partial charge is 0.268 e. The third-order valence-corrected chi connectivity index (χ3v) is 11.3. The maximum absolute atomic E-state index is 14.2. The molecule has 2 aromatic heterocycles. The van der Waals surface area contributed by atoms with Crippen LogP contribution in [0.5, 0.6) is 0 Å². The van der Waals surface area contributed by atoms with Crippen LogP contribution in [0.4, 0.5) is 0 Å². The highest BCUT2D eigenvalue weighted by atomic mass is 16.1. The summed E-state index contributed by atoms with van der Waals surface area (Å²) in [4.78, 5) is 19.1. The van der Waals surface area contributed by atoms with E-state index >= 15 is 0 Å². The molecular weight excluding hydrogens is 645 g/mol. The first-order valence-electron chi connectivity index (χ1n) is 17.9. The molecule has 246 valence electrons. The molecule has 3 nitrogen and oxygen atoms in total. The second-order valence-corrected chi connectivity index (χ2v) is 13.8. The molecule has 0 atom stereocenters. The van der Waals surface area contributed by atoms with Crippen LogP contribution in [-0.4, -0.2) is 9.38 Å². The normalized spacial score (nSPS) is 12.0. The van der Waals surface area contributed by atoms with Gasteiger partial charge in [-0.15, -0.1) is 0 Å². The maximum atomic E-state index is 14.2. The van der Waals surface area contributed by atoms with Crippen LogP contribution in [0.3, 0.4) is 0 Å². The Hall–Kier alpha value is -7.10. The lowest BCUT2D eigenvalue weighted by atomic mass is 9.80. The zero-order valence-electron chi connectivity index (χ0n) is 28.7. The summed E-state index contributed by atoms with van der Waals surface area (Å²) in [6, 6.07) is 50.9. The van der Waals surface area contributed by atoms with Crippen LogP contribution in [0.25, 0.3) is 117 Å². The Morgan fingerprint density at radius 1 is 0.453 bits per heavy atom. The van der Waals surface area contributed by atoms with Gasteiger partial charge in [0.15, 0.2) is 0 Å². The monoisotopic (exact) mass is 674 g/mol. The summed E-state index contributed by atoms with van der Waals surface area (Å²) in [5, 5.41) is 6.06. The Kier molecular flexibility index (Phi) is 6.12. The molecule has 2 heterocycles. The van der Waals surface area contributed by atoms with E-state index in [1.54, 1.807) is 4.40 Å². The molecule has 0 amide bonds. The van der Waals surface area contributed by atoms with Crippen LogP contribution in [0.15, 0.2) is 164 Å². The Morgan fingerprint density at radius 2 is 0.981 bits per heavy atom. The smallest absolute Gasteiger partial charge is 0.264 e. The van der Waals surface area contributed by atoms with Gasteiger partial charge in [-0.05, 0) is 107 Å². The first kappa shape index (κ1) is 29.6. The predicted octanol–water partition coefficient (Wildman–Crippen LogP) is 12.7. The third-order valence-electron chi connectivity index (χ3n) is 11.3. The Labute approximate surface area is 305 Å². The van der Waals surface area contributed by atoms with Crippen molar-refractivity contribution < 1.29 is 0 Å². The molecule has 0 saturated heterocycles. The molecule has 10 aromatic rings. The van der Waals surface area contributed by atoms with Gasteiger partial charge >= 0.3 is 0 Å². The molecule has 0 unspecified atom stereocenters. The molecule has 0 radical (unpaired) electrons. The molecule has 0 saturated carbocycles. The number of rotatable bonds is 5. The number of fused-ring (bicyclic) bond motifs is 7. The van der Waals surface area contributed by atoms with E-state index in [1.807, 2.05) is 48.6 Å². The highest BCUT2D eigenvalue weighted by molar-refractivity contribution is 6.27. The standard InChI is InChI=1S/C50H30N2O/c1-3-31-32(4-2)44(30-17-9-6-10-18-30)48-38-27-25-33(35-19-13-21-37(45(35)38)47(48)43(31)29-15-7-5-8-16-29)34-26-28-39-46-36(34)20-14-22-40(46)50(53)52-42-24-12-11-23-41(42)51-49(39)52/h3-28H,1-2H2. The maximum Gasteiger partial charge on any atom is 0.264 e. The van der Waals surface area contributed by atoms with E-state index in [0.717, 1.165) is 60.6 Å². The second-order valence-electron chi connectivity index (χ2n) is 13.8. The van der Waals surface area contributed by atoms with Gasteiger partial charge in [-0.1, -0.05) is 147 Å². The molecule has 1 aliphatic carbocycles. The van der Waals surface area contributed by atoms with E-state index in [2.05, 4.69) is 122 Å². The van der Waals surface area contributed by atoms with Crippen LogP contribution in [0, 0.1) is 0 Å². The minimum Gasteiger partial charge on any atom is -0.268 e. The van der Waals surface area contributed by atoms with E-state index in [4.69, 9.17) is 4.98 Å². The SMILES string of the molecule is C=Cc1c(C=C)c(-c2ccccc2)c2c(c1-c1ccccc1)-c1cccc3c(-c4ccc5c6c4cccc6c(=O)n4c6ccccc6nc54)ccc-2c13. The average Bonchev–Trinajstić information content (AvgIpc) is 3.77. The van der Waals surface area contributed by atoms with Crippen LogP contribution in [0.2, 0.25) is 0 Å². The van der Waals surface area contributed by atoms with E-state index in [0.29, 0.717) is 11.0 Å². The number of para-hydroxylation sites is 2. The van der Waals surface area contributed by atoms with Crippen molar-refractivity contribution in [2.75, 3.05) is 0 Å². The zero-order valence-corrected chi connectivity index (χ0v) is 28.7. The topological polar surface area (TPSA) is 34.4 Å². The van der Waals surface area contributed by atoms with Crippen molar-refractivity contribution in [3.63, 3.8) is 0 Å². The highest BCUT2D eigenvalue weighted by Crippen LogP contribution is 2.58. The molecule has 0 aliphatic heterocycles. The summed E-state index contributed by atoms with van der Waals surface area (Å²) >= 11 is 0. The summed E-state index contributed by atoms with van der Waals surface area (Å²) in [6.07, 6.45) is 3.98.